The number of aryl methyl sites for hydroxylation is 1. The third-order valence-electron chi connectivity index (χ3n) is 6.58. The quantitative estimate of drug-likeness (QED) is 0.585. The molecular formula is C24H34N2O5. The minimum atomic E-state index is -0.944. The maximum Gasteiger partial charge on any atom is 0.326 e. The highest BCUT2D eigenvalue weighted by Crippen LogP contribution is 2.40. The number of nitrogens with zero attached hydrogens (tertiary/aromatic N) is 1. The zero-order valence-electron chi connectivity index (χ0n) is 18.5. The van der Waals surface area contributed by atoms with E-state index >= 15 is 0 Å². The first kappa shape index (κ1) is 23.3. The van der Waals surface area contributed by atoms with Crippen molar-refractivity contribution in [3.8, 4) is 0 Å². The highest BCUT2D eigenvalue weighted by atomic mass is 16.5. The normalized spacial score (nSPS) is 24.8. The van der Waals surface area contributed by atoms with Crippen molar-refractivity contribution in [2.24, 2.45) is 5.92 Å². The summed E-state index contributed by atoms with van der Waals surface area (Å²) >= 11 is 0. The number of carbonyl (C=O) groups excluding carboxylic acids is 2. The summed E-state index contributed by atoms with van der Waals surface area (Å²) in [5, 5.41) is 12.9. The fourth-order valence-electron chi connectivity index (χ4n) is 5.06. The number of carboxylic acid groups (broad SMARTS) is 1. The number of rotatable bonds is 9. The van der Waals surface area contributed by atoms with Gasteiger partial charge in [0.1, 0.15) is 12.1 Å². The number of nitrogens with one attached hydrogen (secondary N) is 1. The van der Waals surface area contributed by atoms with Gasteiger partial charge in [0.05, 0.1) is 12.6 Å². The third kappa shape index (κ3) is 5.64. The average molecular weight is 431 g/mol. The van der Waals surface area contributed by atoms with E-state index in [1.807, 2.05) is 30.3 Å². The molecule has 1 unspecified atom stereocenters. The van der Waals surface area contributed by atoms with E-state index in [-0.39, 0.29) is 30.4 Å². The summed E-state index contributed by atoms with van der Waals surface area (Å²) in [6.07, 6.45) is 5.62. The van der Waals surface area contributed by atoms with Gasteiger partial charge in [0, 0.05) is 6.04 Å². The van der Waals surface area contributed by atoms with Crippen LogP contribution in [-0.2, 0) is 25.5 Å². The Labute approximate surface area is 184 Å². The SMILES string of the molecule is CCOC(=O)[C@H](CCc1ccccc1)N[C@@H](C)C(=O)N1C2CCCC[C@@H]2C[C@H]1C(=O)O. The monoisotopic (exact) mass is 430 g/mol. The molecule has 7 nitrogen and oxygen atoms in total. The molecule has 0 bridgehead atoms. The van der Waals surface area contributed by atoms with Crippen LogP contribution < -0.4 is 5.32 Å². The molecule has 0 spiro atoms. The van der Waals surface area contributed by atoms with Crippen molar-refractivity contribution in [2.75, 3.05) is 6.61 Å². The lowest BCUT2D eigenvalue weighted by molar-refractivity contribution is -0.152. The average Bonchev–Trinajstić information content (AvgIpc) is 3.16. The van der Waals surface area contributed by atoms with Gasteiger partial charge in [0.2, 0.25) is 5.91 Å². The van der Waals surface area contributed by atoms with Gasteiger partial charge in [0.15, 0.2) is 0 Å². The van der Waals surface area contributed by atoms with E-state index in [2.05, 4.69) is 5.32 Å². The standard InChI is InChI=1S/C24H34N2O5/c1-3-31-24(30)19(14-13-17-9-5-4-6-10-17)25-16(2)22(27)26-20-12-8-7-11-18(20)15-21(26)23(28)29/h4-6,9-10,16,18-21,25H,3,7-8,11-15H2,1-2H3,(H,28,29)/t16-,18+,19-,20?,21-/m0/s1. The summed E-state index contributed by atoms with van der Waals surface area (Å²) in [4.78, 5) is 39.3. The van der Waals surface area contributed by atoms with Gasteiger partial charge in [-0.2, -0.15) is 0 Å². The lowest BCUT2D eigenvalue weighted by Crippen LogP contribution is -2.55. The molecule has 1 heterocycles. The van der Waals surface area contributed by atoms with Crippen molar-refractivity contribution in [3.05, 3.63) is 35.9 Å². The molecule has 2 fully saturated rings. The molecule has 7 heteroatoms. The Morgan fingerprint density at radius 3 is 2.58 bits per heavy atom. The molecule has 170 valence electrons. The molecule has 2 aliphatic rings. The predicted molar refractivity (Wildman–Crippen MR) is 116 cm³/mol. The lowest BCUT2D eigenvalue weighted by Gasteiger charge is -2.35. The molecule has 0 aromatic heterocycles. The Kier molecular flexibility index (Phi) is 8.07. The topological polar surface area (TPSA) is 95.9 Å². The maximum atomic E-state index is 13.4. The van der Waals surface area contributed by atoms with Crippen molar-refractivity contribution in [1.82, 2.24) is 10.2 Å². The van der Waals surface area contributed by atoms with Crippen molar-refractivity contribution < 1.29 is 24.2 Å². The Hall–Kier alpha value is -2.41. The molecule has 5 atom stereocenters. The van der Waals surface area contributed by atoms with Gasteiger partial charge < -0.3 is 14.7 Å². The summed E-state index contributed by atoms with van der Waals surface area (Å²) < 4.78 is 5.22. The van der Waals surface area contributed by atoms with Crippen molar-refractivity contribution in [1.29, 1.82) is 0 Å². The van der Waals surface area contributed by atoms with Gasteiger partial charge in [-0.25, -0.2) is 4.79 Å². The van der Waals surface area contributed by atoms with E-state index in [0.29, 0.717) is 19.3 Å². The zero-order chi connectivity index (χ0) is 22.4. The van der Waals surface area contributed by atoms with Crippen LogP contribution >= 0.6 is 0 Å². The molecule has 1 aliphatic heterocycles. The first-order valence-electron chi connectivity index (χ1n) is 11.4. The van der Waals surface area contributed by atoms with Gasteiger partial charge in [0.25, 0.3) is 0 Å². The van der Waals surface area contributed by atoms with E-state index in [1.54, 1.807) is 18.7 Å². The second kappa shape index (κ2) is 10.8. The van der Waals surface area contributed by atoms with Crippen LogP contribution in [0.3, 0.4) is 0 Å². The van der Waals surface area contributed by atoms with Crippen LogP contribution in [0.15, 0.2) is 30.3 Å². The number of amides is 1. The molecule has 2 N–H and O–H groups in total. The largest absolute Gasteiger partial charge is 0.480 e. The molecule has 1 aromatic rings. The van der Waals surface area contributed by atoms with Crippen LogP contribution in [0.2, 0.25) is 0 Å². The van der Waals surface area contributed by atoms with E-state index in [4.69, 9.17) is 4.74 Å². The summed E-state index contributed by atoms with van der Waals surface area (Å²) in [6.45, 7) is 3.74. The minimum Gasteiger partial charge on any atom is -0.480 e. The number of carbonyl (C=O) groups is 3. The number of fused-ring (bicyclic) bond motifs is 1. The van der Waals surface area contributed by atoms with E-state index in [9.17, 15) is 19.5 Å². The molecule has 1 amide bonds. The molecular weight excluding hydrogens is 396 g/mol. The summed E-state index contributed by atoms with van der Waals surface area (Å²) in [5.74, 6) is -1.31. The van der Waals surface area contributed by atoms with Gasteiger partial charge in [-0.05, 0) is 57.4 Å². The van der Waals surface area contributed by atoms with Crippen LogP contribution in [0, 0.1) is 5.92 Å². The molecule has 1 saturated carbocycles. The van der Waals surface area contributed by atoms with Gasteiger partial charge in [-0.3, -0.25) is 14.9 Å². The smallest absolute Gasteiger partial charge is 0.326 e. The number of aliphatic carboxylic acids is 1. The lowest BCUT2D eigenvalue weighted by atomic mass is 9.84. The van der Waals surface area contributed by atoms with Gasteiger partial charge >= 0.3 is 11.9 Å². The summed E-state index contributed by atoms with van der Waals surface area (Å²) in [7, 11) is 0. The summed E-state index contributed by atoms with van der Waals surface area (Å²) in [5.41, 5.74) is 1.10. The minimum absolute atomic E-state index is 0.0167. The molecule has 1 saturated heterocycles. The highest BCUT2D eigenvalue weighted by molar-refractivity contribution is 5.88. The highest BCUT2D eigenvalue weighted by Gasteiger charge is 2.48. The van der Waals surface area contributed by atoms with Crippen molar-refractivity contribution in [2.45, 2.75) is 83.0 Å². The zero-order valence-corrected chi connectivity index (χ0v) is 18.5. The van der Waals surface area contributed by atoms with Crippen LogP contribution in [-0.4, -0.2) is 58.6 Å². The van der Waals surface area contributed by atoms with Gasteiger partial charge in [-0.15, -0.1) is 0 Å². The second-order valence-electron chi connectivity index (χ2n) is 8.66. The Balaban J connectivity index is 1.70. The number of hydrogen-bond donors (Lipinski definition) is 2. The van der Waals surface area contributed by atoms with E-state index in [0.717, 1.165) is 31.2 Å². The van der Waals surface area contributed by atoms with Crippen LogP contribution in [0.1, 0.15) is 57.9 Å². The Bertz CT molecular complexity index is 768. The first-order valence-corrected chi connectivity index (χ1v) is 11.4. The Morgan fingerprint density at radius 1 is 1.19 bits per heavy atom. The maximum absolute atomic E-state index is 13.4. The fraction of sp³-hybridized carbons (Fsp3) is 0.625. The summed E-state index contributed by atoms with van der Waals surface area (Å²) in [6, 6.07) is 7.75. The second-order valence-corrected chi connectivity index (χ2v) is 8.66. The number of esters is 1. The third-order valence-corrected chi connectivity index (χ3v) is 6.58. The molecule has 3 rings (SSSR count). The van der Waals surface area contributed by atoms with Crippen LogP contribution in [0.4, 0.5) is 0 Å². The molecule has 0 radical (unpaired) electrons. The predicted octanol–water partition coefficient (Wildman–Crippen LogP) is 2.77. The molecule has 1 aromatic carbocycles. The van der Waals surface area contributed by atoms with E-state index in [1.165, 1.54) is 0 Å². The van der Waals surface area contributed by atoms with Crippen molar-refractivity contribution >= 4 is 17.8 Å². The number of carboxylic acids is 1. The van der Waals surface area contributed by atoms with E-state index < -0.39 is 24.1 Å². The Morgan fingerprint density at radius 2 is 1.90 bits per heavy atom. The van der Waals surface area contributed by atoms with Crippen molar-refractivity contribution in [3.63, 3.8) is 0 Å². The van der Waals surface area contributed by atoms with Crippen LogP contribution in [0.25, 0.3) is 0 Å². The molecule has 31 heavy (non-hydrogen) atoms. The number of hydrogen-bond acceptors (Lipinski definition) is 5. The number of benzene rings is 1. The number of ether oxygens (including phenoxy) is 1. The first-order chi connectivity index (χ1) is 14.9. The van der Waals surface area contributed by atoms with Crippen LogP contribution in [0.5, 0.6) is 0 Å². The fourth-order valence-corrected chi connectivity index (χ4v) is 5.06. The van der Waals surface area contributed by atoms with Gasteiger partial charge in [-0.1, -0.05) is 43.2 Å². The molecule has 1 aliphatic carbocycles. The number of likely N-dealkylation sites (tertiary alicyclic amines) is 1.